The standard InChI is InChI=1S/C21H23N3O6/c1-27-5-7-29-19-10-16-17(11-20(19)30-8-6-28-2)22-13-23-21(16)24-15-3-4-18(26)14(9-15)12-25/h3-4,9-13,26H,5-8H2,1-2H3,(H,22,23,24). The van der Waals surface area contributed by atoms with Crippen molar-refractivity contribution in [2.45, 2.75) is 0 Å². The number of hydrogen-bond acceptors (Lipinski definition) is 9. The van der Waals surface area contributed by atoms with E-state index < -0.39 is 0 Å². The summed E-state index contributed by atoms with van der Waals surface area (Å²) in [5.41, 5.74) is 1.42. The molecule has 2 aromatic carbocycles. The van der Waals surface area contributed by atoms with Crippen molar-refractivity contribution in [2.24, 2.45) is 0 Å². The van der Waals surface area contributed by atoms with Gasteiger partial charge in [-0.05, 0) is 24.3 Å². The molecule has 158 valence electrons. The molecule has 9 nitrogen and oxygen atoms in total. The summed E-state index contributed by atoms with van der Waals surface area (Å²) in [6.07, 6.45) is 2.01. The molecule has 0 aliphatic heterocycles. The fraction of sp³-hybridized carbons (Fsp3) is 0.286. The molecule has 1 heterocycles. The lowest BCUT2D eigenvalue weighted by Crippen LogP contribution is -2.09. The molecule has 0 saturated carbocycles. The number of hydrogen-bond donors (Lipinski definition) is 2. The number of phenolic OH excluding ortho intramolecular Hbond substituents is 1. The van der Waals surface area contributed by atoms with Crippen molar-refractivity contribution < 1.29 is 28.8 Å². The Labute approximate surface area is 173 Å². The Bertz CT molecular complexity index is 1010. The molecule has 3 rings (SSSR count). The normalized spacial score (nSPS) is 10.7. The van der Waals surface area contributed by atoms with Gasteiger partial charge in [0.05, 0.1) is 24.3 Å². The maximum atomic E-state index is 11.1. The molecular formula is C21H23N3O6. The first-order chi connectivity index (χ1) is 14.7. The van der Waals surface area contributed by atoms with Gasteiger partial charge in [0.15, 0.2) is 17.8 Å². The van der Waals surface area contributed by atoms with E-state index in [1.807, 2.05) is 0 Å². The fourth-order valence-electron chi connectivity index (χ4n) is 2.72. The Morgan fingerprint density at radius 1 is 0.967 bits per heavy atom. The smallest absolute Gasteiger partial charge is 0.163 e. The second-order valence-corrected chi connectivity index (χ2v) is 6.24. The molecule has 0 bridgehead atoms. The van der Waals surface area contributed by atoms with Crippen molar-refractivity contribution in [2.75, 3.05) is 46.0 Å². The molecule has 9 heteroatoms. The zero-order valence-corrected chi connectivity index (χ0v) is 16.8. The fourth-order valence-corrected chi connectivity index (χ4v) is 2.72. The average Bonchev–Trinajstić information content (AvgIpc) is 2.76. The Morgan fingerprint density at radius 3 is 2.33 bits per heavy atom. The van der Waals surface area contributed by atoms with E-state index in [1.165, 1.54) is 18.5 Å². The van der Waals surface area contributed by atoms with E-state index in [0.717, 1.165) is 0 Å². The van der Waals surface area contributed by atoms with Crippen LogP contribution in [0.15, 0.2) is 36.7 Å². The van der Waals surface area contributed by atoms with E-state index in [2.05, 4.69) is 15.3 Å². The lowest BCUT2D eigenvalue weighted by molar-refractivity contribution is 0.112. The third kappa shape index (κ3) is 5.13. The molecule has 30 heavy (non-hydrogen) atoms. The first-order valence-corrected chi connectivity index (χ1v) is 9.23. The van der Waals surface area contributed by atoms with Gasteiger partial charge in [-0.2, -0.15) is 0 Å². The van der Waals surface area contributed by atoms with Gasteiger partial charge < -0.3 is 29.4 Å². The number of aromatic nitrogens is 2. The molecule has 0 atom stereocenters. The predicted molar refractivity (Wildman–Crippen MR) is 111 cm³/mol. The highest BCUT2D eigenvalue weighted by molar-refractivity contribution is 5.93. The van der Waals surface area contributed by atoms with Crippen LogP contribution in [0.1, 0.15) is 10.4 Å². The van der Waals surface area contributed by atoms with Gasteiger partial charge in [0.2, 0.25) is 0 Å². The minimum atomic E-state index is -0.0882. The van der Waals surface area contributed by atoms with E-state index >= 15 is 0 Å². The minimum absolute atomic E-state index is 0.0882. The first-order valence-electron chi connectivity index (χ1n) is 9.23. The second-order valence-electron chi connectivity index (χ2n) is 6.24. The van der Waals surface area contributed by atoms with Crippen LogP contribution in [0.5, 0.6) is 17.2 Å². The van der Waals surface area contributed by atoms with Gasteiger partial charge in [-0.3, -0.25) is 4.79 Å². The summed E-state index contributed by atoms with van der Waals surface area (Å²) >= 11 is 0. The number of carbonyl (C=O) groups is 1. The van der Waals surface area contributed by atoms with Gasteiger partial charge in [-0.15, -0.1) is 0 Å². The molecule has 1 aromatic heterocycles. The van der Waals surface area contributed by atoms with Crippen LogP contribution in [0.3, 0.4) is 0 Å². The Kier molecular flexibility index (Phi) is 7.36. The summed E-state index contributed by atoms with van der Waals surface area (Å²) in [7, 11) is 3.20. The Balaban J connectivity index is 1.96. The number of nitrogens with zero attached hydrogens (tertiary/aromatic N) is 2. The summed E-state index contributed by atoms with van der Waals surface area (Å²) in [4.78, 5) is 19.7. The zero-order valence-electron chi connectivity index (χ0n) is 16.8. The average molecular weight is 413 g/mol. The van der Waals surface area contributed by atoms with E-state index in [4.69, 9.17) is 18.9 Å². The number of aldehydes is 1. The van der Waals surface area contributed by atoms with Gasteiger partial charge in [-0.25, -0.2) is 9.97 Å². The number of rotatable bonds is 11. The Hall–Kier alpha value is -3.43. The predicted octanol–water partition coefficient (Wildman–Crippen LogP) is 2.94. The highest BCUT2D eigenvalue weighted by atomic mass is 16.5. The van der Waals surface area contributed by atoms with Gasteiger partial charge >= 0.3 is 0 Å². The summed E-state index contributed by atoms with van der Waals surface area (Å²) in [5, 5.41) is 13.5. The van der Waals surface area contributed by atoms with Crippen molar-refractivity contribution in [3.05, 3.63) is 42.2 Å². The van der Waals surface area contributed by atoms with Crippen LogP contribution in [0.4, 0.5) is 11.5 Å². The van der Waals surface area contributed by atoms with Crippen LogP contribution in [-0.2, 0) is 9.47 Å². The van der Waals surface area contributed by atoms with Crippen molar-refractivity contribution in [3.8, 4) is 17.2 Å². The van der Waals surface area contributed by atoms with E-state index in [-0.39, 0.29) is 11.3 Å². The Morgan fingerprint density at radius 2 is 1.67 bits per heavy atom. The molecular weight excluding hydrogens is 390 g/mol. The lowest BCUT2D eigenvalue weighted by atomic mass is 10.1. The minimum Gasteiger partial charge on any atom is -0.507 e. The van der Waals surface area contributed by atoms with Crippen molar-refractivity contribution in [1.29, 1.82) is 0 Å². The molecule has 3 aromatic rings. The molecule has 0 unspecified atom stereocenters. The number of carbonyl (C=O) groups excluding carboxylic acids is 1. The summed E-state index contributed by atoms with van der Waals surface area (Å²) < 4.78 is 21.7. The molecule has 0 amide bonds. The topological polar surface area (TPSA) is 112 Å². The monoisotopic (exact) mass is 413 g/mol. The van der Waals surface area contributed by atoms with Crippen LogP contribution in [0.25, 0.3) is 10.9 Å². The van der Waals surface area contributed by atoms with Gasteiger partial charge in [-0.1, -0.05) is 0 Å². The summed E-state index contributed by atoms with van der Waals surface area (Å²) in [6.45, 7) is 1.57. The molecule has 0 aliphatic rings. The molecule has 2 N–H and O–H groups in total. The summed E-state index contributed by atoms with van der Waals surface area (Å²) in [6, 6.07) is 8.18. The number of nitrogens with one attached hydrogen (secondary N) is 1. The molecule has 0 fully saturated rings. The van der Waals surface area contributed by atoms with Gasteiger partial charge in [0, 0.05) is 31.4 Å². The second kappa shape index (κ2) is 10.4. The van der Waals surface area contributed by atoms with Gasteiger partial charge in [0.1, 0.15) is 31.1 Å². The zero-order chi connectivity index (χ0) is 21.3. The van der Waals surface area contributed by atoms with Crippen LogP contribution >= 0.6 is 0 Å². The van der Waals surface area contributed by atoms with Gasteiger partial charge in [0.25, 0.3) is 0 Å². The molecule has 0 spiro atoms. The van der Waals surface area contributed by atoms with Crippen LogP contribution in [0.2, 0.25) is 0 Å². The SMILES string of the molecule is COCCOc1cc2ncnc(Nc3ccc(O)c(C=O)c3)c2cc1OCCOC. The number of anilines is 2. The maximum absolute atomic E-state index is 11.1. The van der Waals surface area contributed by atoms with Crippen LogP contribution < -0.4 is 14.8 Å². The van der Waals surface area contributed by atoms with Crippen LogP contribution in [0, 0.1) is 0 Å². The van der Waals surface area contributed by atoms with E-state index in [0.29, 0.717) is 66.6 Å². The van der Waals surface area contributed by atoms with Crippen molar-refractivity contribution in [3.63, 3.8) is 0 Å². The van der Waals surface area contributed by atoms with E-state index in [9.17, 15) is 9.90 Å². The summed E-state index contributed by atoms with van der Waals surface area (Å²) in [5.74, 6) is 1.48. The largest absolute Gasteiger partial charge is 0.507 e. The molecule has 0 saturated heterocycles. The van der Waals surface area contributed by atoms with Crippen molar-refractivity contribution in [1.82, 2.24) is 9.97 Å². The number of fused-ring (bicyclic) bond motifs is 1. The van der Waals surface area contributed by atoms with E-state index in [1.54, 1.807) is 32.4 Å². The third-order valence-electron chi connectivity index (χ3n) is 4.21. The number of ether oxygens (including phenoxy) is 4. The van der Waals surface area contributed by atoms with Crippen LogP contribution in [-0.4, -0.2) is 62.0 Å². The lowest BCUT2D eigenvalue weighted by Gasteiger charge is -2.15. The first kappa shape index (κ1) is 21.3. The molecule has 0 radical (unpaired) electrons. The number of phenols is 1. The highest BCUT2D eigenvalue weighted by Gasteiger charge is 2.13. The number of benzene rings is 2. The number of methoxy groups -OCH3 is 2. The maximum Gasteiger partial charge on any atom is 0.163 e. The quantitative estimate of drug-likeness (QED) is 0.278. The number of aromatic hydroxyl groups is 1. The molecule has 0 aliphatic carbocycles. The van der Waals surface area contributed by atoms with Crippen molar-refractivity contribution >= 4 is 28.7 Å². The highest BCUT2D eigenvalue weighted by Crippen LogP contribution is 2.35. The third-order valence-corrected chi connectivity index (χ3v) is 4.21.